The number of guanidine groups is 1. The lowest BCUT2D eigenvalue weighted by molar-refractivity contribution is -0.137. The zero-order valence-corrected chi connectivity index (χ0v) is 17.3. The van der Waals surface area contributed by atoms with Crippen molar-refractivity contribution in [2.45, 2.75) is 26.4 Å². The van der Waals surface area contributed by atoms with Gasteiger partial charge in [-0.15, -0.1) is 24.0 Å². The highest BCUT2D eigenvalue weighted by Crippen LogP contribution is 2.29. The maximum atomic E-state index is 12.6. The number of benzene rings is 1. The lowest BCUT2D eigenvalue weighted by Crippen LogP contribution is -2.37. The number of rotatable bonds is 7. The van der Waals surface area contributed by atoms with Crippen LogP contribution in [-0.4, -0.2) is 38.8 Å². The fraction of sp³-hybridized carbons (Fsp3) is 0.500. The summed E-state index contributed by atoms with van der Waals surface area (Å²) in [5, 5.41) is 6.11. The van der Waals surface area contributed by atoms with E-state index >= 15 is 0 Å². The fourth-order valence-electron chi connectivity index (χ4n) is 1.89. The Labute approximate surface area is 170 Å². The summed E-state index contributed by atoms with van der Waals surface area (Å²) in [7, 11) is 0. The summed E-state index contributed by atoms with van der Waals surface area (Å²) >= 11 is 0. The van der Waals surface area contributed by atoms with E-state index in [4.69, 9.17) is 4.74 Å². The zero-order chi connectivity index (χ0) is 18.5. The molecule has 0 unspecified atom stereocenters. The van der Waals surface area contributed by atoms with Crippen molar-refractivity contribution in [3.63, 3.8) is 0 Å². The van der Waals surface area contributed by atoms with Crippen molar-refractivity contribution >= 4 is 29.9 Å². The van der Waals surface area contributed by atoms with Crippen LogP contribution < -0.4 is 10.6 Å². The van der Waals surface area contributed by atoms with Gasteiger partial charge in [-0.2, -0.15) is 13.2 Å². The molecule has 1 aromatic carbocycles. The minimum Gasteiger partial charge on any atom is -0.382 e. The molecule has 1 rings (SSSR count). The van der Waals surface area contributed by atoms with Gasteiger partial charge in [-0.1, -0.05) is 17.9 Å². The fourth-order valence-corrected chi connectivity index (χ4v) is 1.89. The molecule has 26 heavy (non-hydrogen) atoms. The van der Waals surface area contributed by atoms with Gasteiger partial charge in [0.15, 0.2) is 5.96 Å². The van der Waals surface area contributed by atoms with Crippen LogP contribution in [0.3, 0.4) is 0 Å². The Bertz CT molecular complexity index is 610. The Balaban J connectivity index is 0.00000625. The van der Waals surface area contributed by atoms with Crippen LogP contribution in [0, 0.1) is 11.8 Å². The molecule has 0 radical (unpaired) electrons. The molecule has 4 nitrogen and oxygen atoms in total. The number of hydrogen-bond acceptors (Lipinski definition) is 2. The standard InChI is InChI=1S/C18H24F3N3O.HI/c1-3-22-17(24-12-7-13-25-4-2)23-11-6-9-15-8-5-10-16(14-15)18(19,20)21;/h5,8,10,14H,3-4,7,11-13H2,1-2H3,(H2,22,23,24);1H. The minimum atomic E-state index is -4.36. The molecule has 0 aliphatic heterocycles. The van der Waals surface area contributed by atoms with E-state index in [0.29, 0.717) is 37.8 Å². The molecule has 146 valence electrons. The van der Waals surface area contributed by atoms with Gasteiger partial charge < -0.3 is 15.4 Å². The summed E-state index contributed by atoms with van der Waals surface area (Å²) in [6.07, 6.45) is -3.54. The van der Waals surface area contributed by atoms with E-state index in [1.807, 2.05) is 13.8 Å². The Morgan fingerprint density at radius 3 is 2.65 bits per heavy atom. The van der Waals surface area contributed by atoms with Gasteiger partial charge in [0.2, 0.25) is 0 Å². The molecule has 0 heterocycles. The summed E-state index contributed by atoms with van der Waals surface area (Å²) in [5.74, 6) is 6.15. The van der Waals surface area contributed by atoms with Crippen molar-refractivity contribution in [1.82, 2.24) is 10.6 Å². The highest BCUT2D eigenvalue weighted by Gasteiger charge is 2.30. The summed E-state index contributed by atoms with van der Waals surface area (Å²) in [5.41, 5.74) is -0.369. The molecule has 0 saturated carbocycles. The average Bonchev–Trinajstić information content (AvgIpc) is 2.58. The van der Waals surface area contributed by atoms with Gasteiger partial charge in [0.1, 0.15) is 0 Å². The highest BCUT2D eigenvalue weighted by atomic mass is 127. The second-order valence-electron chi connectivity index (χ2n) is 5.05. The zero-order valence-electron chi connectivity index (χ0n) is 14.9. The average molecular weight is 483 g/mol. The molecule has 0 atom stereocenters. The monoisotopic (exact) mass is 483 g/mol. The summed E-state index contributed by atoms with van der Waals surface area (Å²) in [6.45, 7) is 6.86. The molecule has 0 aromatic heterocycles. The topological polar surface area (TPSA) is 45.7 Å². The number of hydrogen-bond donors (Lipinski definition) is 2. The summed E-state index contributed by atoms with van der Waals surface area (Å²) in [6, 6.07) is 4.97. The number of halogens is 4. The van der Waals surface area contributed by atoms with Gasteiger partial charge in [0.05, 0.1) is 12.1 Å². The largest absolute Gasteiger partial charge is 0.416 e. The van der Waals surface area contributed by atoms with E-state index in [9.17, 15) is 13.2 Å². The molecule has 0 bridgehead atoms. The Kier molecular flexibility index (Phi) is 12.9. The van der Waals surface area contributed by atoms with Crippen molar-refractivity contribution in [3.8, 4) is 11.8 Å². The van der Waals surface area contributed by atoms with Crippen molar-refractivity contribution in [1.29, 1.82) is 0 Å². The number of aliphatic imine (C=N–C) groups is 1. The molecular formula is C18H25F3IN3O. The van der Waals surface area contributed by atoms with E-state index < -0.39 is 11.7 Å². The van der Waals surface area contributed by atoms with E-state index in [2.05, 4.69) is 27.5 Å². The molecule has 2 N–H and O–H groups in total. The normalized spacial score (nSPS) is 11.2. The maximum Gasteiger partial charge on any atom is 0.416 e. The molecular weight excluding hydrogens is 458 g/mol. The van der Waals surface area contributed by atoms with Crippen molar-refractivity contribution in [2.75, 3.05) is 32.8 Å². The molecule has 0 aliphatic carbocycles. The van der Waals surface area contributed by atoms with Crippen LogP contribution in [0.15, 0.2) is 29.3 Å². The van der Waals surface area contributed by atoms with Crippen LogP contribution in [0.2, 0.25) is 0 Å². The third kappa shape index (κ3) is 10.5. The van der Waals surface area contributed by atoms with Gasteiger partial charge in [0.25, 0.3) is 0 Å². The third-order valence-corrected chi connectivity index (χ3v) is 3.03. The molecule has 8 heteroatoms. The summed E-state index contributed by atoms with van der Waals surface area (Å²) < 4.78 is 43.2. The number of ether oxygens (including phenoxy) is 1. The maximum absolute atomic E-state index is 12.6. The Morgan fingerprint density at radius 1 is 1.23 bits per heavy atom. The van der Waals surface area contributed by atoms with Crippen molar-refractivity contribution in [2.24, 2.45) is 4.99 Å². The van der Waals surface area contributed by atoms with Crippen LogP contribution in [0.25, 0.3) is 0 Å². The first-order valence-electron chi connectivity index (χ1n) is 8.23. The van der Waals surface area contributed by atoms with Gasteiger partial charge in [-0.25, -0.2) is 0 Å². The predicted molar refractivity (Wildman–Crippen MR) is 109 cm³/mol. The molecule has 0 spiro atoms. The van der Waals surface area contributed by atoms with E-state index in [0.717, 1.165) is 18.6 Å². The Morgan fingerprint density at radius 2 is 2.00 bits per heavy atom. The van der Waals surface area contributed by atoms with Crippen LogP contribution in [0.1, 0.15) is 31.4 Å². The first-order chi connectivity index (χ1) is 12.0. The smallest absolute Gasteiger partial charge is 0.382 e. The molecule has 0 amide bonds. The van der Waals surface area contributed by atoms with Gasteiger partial charge in [-0.05, 0) is 38.5 Å². The lowest BCUT2D eigenvalue weighted by Gasteiger charge is -2.08. The second-order valence-corrected chi connectivity index (χ2v) is 5.05. The summed E-state index contributed by atoms with van der Waals surface area (Å²) in [4.78, 5) is 4.37. The van der Waals surface area contributed by atoms with E-state index in [1.54, 1.807) is 6.07 Å². The third-order valence-electron chi connectivity index (χ3n) is 3.03. The Hall–Kier alpha value is -1.47. The van der Waals surface area contributed by atoms with Gasteiger partial charge in [-0.3, -0.25) is 4.99 Å². The van der Waals surface area contributed by atoms with Crippen LogP contribution in [-0.2, 0) is 10.9 Å². The number of alkyl halides is 3. The van der Waals surface area contributed by atoms with E-state index in [-0.39, 0.29) is 30.5 Å². The number of nitrogens with zero attached hydrogens (tertiary/aromatic N) is 1. The van der Waals surface area contributed by atoms with Crippen molar-refractivity contribution in [3.05, 3.63) is 35.4 Å². The second kappa shape index (κ2) is 13.7. The SMILES string of the molecule is CCNC(=NCCCOCC)NCC#Cc1cccc(C(F)(F)F)c1.I. The molecule has 0 saturated heterocycles. The molecule has 0 fully saturated rings. The van der Waals surface area contributed by atoms with Gasteiger partial charge in [0, 0.05) is 31.9 Å². The molecule has 1 aromatic rings. The van der Waals surface area contributed by atoms with E-state index in [1.165, 1.54) is 6.07 Å². The lowest BCUT2D eigenvalue weighted by atomic mass is 10.1. The number of nitrogens with one attached hydrogen (secondary N) is 2. The van der Waals surface area contributed by atoms with Crippen LogP contribution in [0.5, 0.6) is 0 Å². The van der Waals surface area contributed by atoms with Crippen LogP contribution in [0.4, 0.5) is 13.2 Å². The van der Waals surface area contributed by atoms with Crippen LogP contribution >= 0.6 is 24.0 Å². The van der Waals surface area contributed by atoms with Crippen molar-refractivity contribution < 1.29 is 17.9 Å². The van der Waals surface area contributed by atoms with Gasteiger partial charge >= 0.3 is 6.18 Å². The molecule has 0 aliphatic rings. The quantitative estimate of drug-likeness (QED) is 0.205. The first-order valence-corrected chi connectivity index (χ1v) is 8.23. The predicted octanol–water partition coefficient (Wildman–Crippen LogP) is 3.66. The minimum absolute atomic E-state index is 0. The highest BCUT2D eigenvalue weighted by molar-refractivity contribution is 14.0. The first kappa shape index (κ1) is 24.5.